The molecule has 0 saturated carbocycles. The van der Waals surface area contributed by atoms with Gasteiger partial charge in [-0.05, 0) is 41.0 Å². The van der Waals surface area contributed by atoms with Crippen LogP contribution in [0.4, 0.5) is 0 Å². The van der Waals surface area contributed by atoms with Gasteiger partial charge in [0.1, 0.15) is 0 Å². The molecule has 9 heteroatoms. The maximum atomic E-state index is 11.5. The van der Waals surface area contributed by atoms with Crippen LogP contribution >= 0.6 is 0 Å². The summed E-state index contributed by atoms with van der Waals surface area (Å²) in [5, 5.41) is 5.22. The summed E-state index contributed by atoms with van der Waals surface area (Å²) in [4.78, 5) is 0.139. The third kappa shape index (κ3) is 7.69. The number of nitrogens with zero attached hydrogens (tertiary/aromatic N) is 1. The van der Waals surface area contributed by atoms with E-state index in [0.29, 0.717) is 0 Å². The molecule has 4 aromatic rings. The lowest BCUT2D eigenvalue weighted by Crippen LogP contribution is -2.42. The molecule has 0 aliphatic rings. The van der Waals surface area contributed by atoms with Crippen LogP contribution in [0, 0.1) is 10.8 Å². The van der Waals surface area contributed by atoms with E-state index in [1.54, 1.807) is 12.1 Å². The van der Waals surface area contributed by atoms with Crippen LogP contribution in [0.15, 0.2) is 102 Å². The van der Waals surface area contributed by atoms with E-state index in [0.717, 1.165) is 24.9 Å². The number of pyridine rings is 1. The van der Waals surface area contributed by atoms with Gasteiger partial charge in [-0.25, -0.2) is 13.6 Å². The molecule has 0 spiro atoms. The minimum absolute atomic E-state index is 0.139. The highest BCUT2D eigenvalue weighted by atomic mass is 35.6. The average Bonchev–Trinajstić information content (AvgIpc) is 2.87. The number of aryl methyl sites for hydroxylation is 2. The molecule has 0 fully saturated rings. The van der Waals surface area contributed by atoms with E-state index in [4.69, 9.17) is 19.1 Å². The summed E-state index contributed by atoms with van der Waals surface area (Å²) in [6.45, 7) is 2.97. The van der Waals surface area contributed by atoms with Crippen molar-refractivity contribution in [2.45, 2.75) is 31.2 Å². The SMILES string of the molecule is CCc1cc(-c2ccccc2)cc(-c2ccccc2)[n+]1CCc1ccc(S(N)(=O)=O)cc1.[O-][Cl+2]([O-])[O-]. The van der Waals surface area contributed by atoms with Crippen LogP contribution < -0.4 is 23.7 Å². The molecule has 1 aromatic heterocycles. The molecule has 4 rings (SSSR count). The molecule has 0 amide bonds. The van der Waals surface area contributed by atoms with Crippen molar-refractivity contribution >= 4 is 10.0 Å². The van der Waals surface area contributed by atoms with E-state index in [-0.39, 0.29) is 4.90 Å². The molecule has 7 nitrogen and oxygen atoms in total. The number of hydrogen-bond donors (Lipinski definition) is 1. The molecule has 0 bridgehead atoms. The number of hydrogen-bond acceptors (Lipinski definition) is 5. The van der Waals surface area contributed by atoms with E-state index >= 15 is 0 Å². The first kappa shape index (κ1) is 27.5. The smallest absolute Gasteiger partial charge is 0.238 e. The van der Waals surface area contributed by atoms with Crippen molar-refractivity contribution in [3.05, 3.63) is 108 Å². The Morgan fingerprint density at radius 2 is 1.31 bits per heavy atom. The van der Waals surface area contributed by atoms with Crippen molar-refractivity contribution in [3.63, 3.8) is 0 Å². The van der Waals surface area contributed by atoms with Crippen LogP contribution in [0.5, 0.6) is 0 Å². The quantitative estimate of drug-likeness (QED) is 0.361. The highest BCUT2D eigenvalue weighted by molar-refractivity contribution is 7.89. The lowest BCUT2D eigenvalue weighted by atomic mass is 10.0. The number of halogens is 1. The highest BCUT2D eigenvalue weighted by Crippen LogP contribution is 2.25. The van der Waals surface area contributed by atoms with Crippen molar-refractivity contribution < 1.29 is 37.7 Å². The van der Waals surface area contributed by atoms with E-state index < -0.39 is 20.8 Å². The van der Waals surface area contributed by atoms with E-state index in [2.05, 4.69) is 72.2 Å². The van der Waals surface area contributed by atoms with E-state index in [9.17, 15) is 8.42 Å². The standard InChI is InChI=1S/C27H27N2O2S.ClO3/c1-2-25-19-24(22-9-5-3-6-10-22)20-27(23-11-7-4-8-12-23)29(25)18-17-21-13-15-26(16-14-21)32(28,30)31;2-1(3)4/h3-16,19-20H,2,17-18H2,1H3,(H2,28,30,31);/q+1;-1. The largest absolute Gasteiger partial charge is 0.357 e. The predicted molar refractivity (Wildman–Crippen MR) is 128 cm³/mol. The molecular weight excluding hydrogens is 500 g/mol. The van der Waals surface area contributed by atoms with Crippen molar-refractivity contribution in [1.82, 2.24) is 0 Å². The molecule has 0 unspecified atom stereocenters. The van der Waals surface area contributed by atoms with Crippen LogP contribution in [0.1, 0.15) is 18.2 Å². The van der Waals surface area contributed by atoms with Gasteiger partial charge in [-0.3, -0.25) is 0 Å². The molecule has 0 saturated heterocycles. The van der Waals surface area contributed by atoms with Gasteiger partial charge in [-0.2, -0.15) is 4.57 Å². The molecule has 1 heterocycles. The Hall–Kier alpha value is -3.11. The van der Waals surface area contributed by atoms with Crippen molar-refractivity contribution in [2.24, 2.45) is 5.14 Å². The van der Waals surface area contributed by atoms with Crippen molar-refractivity contribution in [1.29, 1.82) is 0 Å². The fourth-order valence-electron chi connectivity index (χ4n) is 3.97. The first-order valence-electron chi connectivity index (χ1n) is 11.2. The molecule has 0 aliphatic carbocycles. The first-order valence-corrected chi connectivity index (χ1v) is 13.7. The Bertz CT molecular complexity index is 1360. The van der Waals surface area contributed by atoms with Crippen LogP contribution in [0.2, 0.25) is 0 Å². The molecule has 0 radical (unpaired) electrons. The fourth-order valence-corrected chi connectivity index (χ4v) is 4.48. The molecule has 0 aliphatic heterocycles. The molecule has 3 aromatic carbocycles. The monoisotopic (exact) mass is 526 g/mol. The van der Waals surface area contributed by atoms with Gasteiger partial charge in [0.15, 0.2) is 12.2 Å². The summed E-state index contributed by atoms with van der Waals surface area (Å²) < 4.78 is 50.7. The van der Waals surface area contributed by atoms with Gasteiger partial charge in [0.05, 0.1) is 15.7 Å². The number of sulfonamides is 1. The topological polar surface area (TPSA) is 133 Å². The van der Waals surface area contributed by atoms with Gasteiger partial charge < -0.3 is 14.0 Å². The van der Waals surface area contributed by atoms with Gasteiger partial charge >= 0.3 is 0 Å². The summed E-state index contributed by atoms with van der Waals surface area (Å²) in [5.74, 6) is 0. The Labute approximate surface area is 214 Å². The fraction of sp³-hybridized carbons (Fsp3) is 0.148. The number of benzene rings is 3. The van der Waals surface area contributed by atoms with Gasteiger partial charge in [-0.15, -0.1) is 0 Å². The Balaban J connectivity index is 0.000000840. The third-order valence-corrected chi connectivity index (χ3v) is 6.60. The number of nitrogens with two attached hydrogens (primary N) is 1. The second kappa shape index (κ2) is 12.7. The second-order valence-corrected chi connectivity index (χ2v) is 9.93. The van der Waals surface area contributed by atoms with Crippen LogP contribution in [-0.4, -0.2) is 8.42 Å². The molecule has 36 heavy (non-hydrogen) atoms. The lowest BCUT2D eigenvalue weighted by molar-refractivity contribution is -1.73. The van der Waals surface area contributed by atoms with Crippen LogP contribution in [-0.2, 0) is 29.4 Å². The molecule has 0 atom stereocenters. The Morgan fingerprint density at radius 3 is 1.81 bits per heavy atom. The minimum Gasteiger partial charge on any atom is -0.357 e. The van der Waals surface area contributed by atoms with E-state index in [1.165, 1.54) is 28.1 Å². The second-order valence-electron chi connectivity index (χ2n) is 7.99. The van der Waals surface area contributed by atoms with E-state index in [1.807, 2.05) is 24.3 Å². The Morgan fingerprint density at radius 1 is 0.778 bits per heavy atom. The third-order valence-electron chi connectivity index (χ3n) is 5.67. The molecule has 2 N–H and O–H groups in total. The summed E-state index contributed by atoms with van der Waals surface area (Å²) in [7, 11) is -6.53. The maximum absolute atomic E-state index is 11.5. The highest BCUT2D eigenvalue weighted by Gasteiger charge is 2.20. The summed E-state index contributed by atoms with van der Waals surface area (Å²) >= 11 is 0. The summed E-state index contributed by atoms with van der Waals surface area (Å²) in [5.41, 5.74) is 7.07. The Kier molecular flexibility index (Phi) is 9.72. The maximum Gasteiger partial charge on any atom is 0.238 e. The molecule has 188 valence electrons. The zero-order valence-electron chi connectivity index (χ0n) is 19.7. The van der Waals surface area contributed by atoms with Gasteiger partial charge in [0, 0.05) is 30.5 Å². The van der Waals surface area contributed by atoms with Crippen molar-refractivity contribution in [2.75, 3.05) is 0 Å². The van der Waals surface area contributed by atoms with Crippen LogP contribution in [0.25, 0.3) is 22.4 Å². The normalized spacial score (nSPS) is 11.2. The number of primary sulfonamides is 1. The average molecular weight is 527 g/mol. The van der Waals surface area contributed by atoms with Gasteiger partial charge in [0.2, 0.25) is 15.7 Å². The van der Waals surface area contributed by atoms with Gasteiger partial charge in [0.25, 0.3) is 0 Å². The molecular formula is C27H27ClN2O5S. The van der Waals surface area contributed by atoms with Gasteiger partial charge in [-0.1, -0.05) is 67.6 Å². The first-order chi connectivity index (χ1) is 17.2. The predicted octanol–water partition coefficient (Wildman–Crippen LogP) is 1.19. The lowest BCUT2D eigenvalue weighted by Gasteiger charge is -2.12. The zero-order chi connectivity index (χ0) is 26.1. The summed E-state index contributed by atoms with van der Waals surface area (Å²) in [6, 6.07) is 32.2. The van der Waals surface area contributed by atoms with Crippen LogP contribution in [0.3, 0.4) is 0 Å². The minimum atomic E-state index is -3.68. The number of rotatable bonds is 7. The van der Waals surface area contributed by atoms with Crippen molar-refractivity contribution in [3.8, 4) is 22.4 Å². The number of aromatic nitrogens is 1. The zero-order valence-corrected chi connectivity index (χ0v) is 21.3. The summed E-state index contributed by atoms with van der Waals surface area (Å²) in [6.07, 6.45) is 1.69.